The van der Waals surface area contributed by atoms with Crippen LogP contribution in [0.5, 0.6) is 11.5 Å². The van der Waals surface area contributed by atoms with Crippen LogP contribution in [0.1, 0.15) is 23.6 Å². The summed E-state index contributed by atoms with van der Waals surface area (Å²) >= 11 is 3.52. The molecule has 0 aromatic heterocycles. The zero-order valence-corrected chi connectivity index (χ0v) is 19.1. The van der Waals surface area contributed by atoms with E-state index in [4.69, 9.17) is 14.2 Å². The molecule has 3 aromatic carbocycles. The summed E-state index contributed by atoms with van der Waals surface area (Å²) in [6.07, 6.45) is 0.218. The first-order valence-electron chi connectivity index (χ1n) is 10.2. The van der Waals surface area contributed by atoms with E-state index in [2.05, 4.69) is 33.4 Å². The second-order valence-electron chi connectivity index (χ2n) is 6.88. The van der Waals surface area contributed by atoms with Crippen molar-refractivity contribution in [3.05, 3.63) is 94.0 Å². The van der Waals surface area contributed by atoms with Crippen molar-refractivity contribution in [3.63, 3.8) is 0 Å². The SMILES string of the molecule is CCOC(=O)Cc1cccc(OCOc2ccc(Br)cc2CNCc2ccccc2)c1. The summed E-state index contributed by atoms with van der Waals surface area (Å²) < 4.78 is 17.6. The summed E-state index contributed by atoms with van der Waals surface area (Å²) in [7, 11) is 0. The van der Waals surface area contributed by atoms with Crippen LogP contribution in [-0.4, -0.2) is 19.4 Å². The Bertz CT molecular complexity index is 978. The highest BCUT2D eigenvalue weighted by Crippen LogP contribution is 2.24. The Balaban J connectivity index is 1.54. The van der Waals surface area contributed by atoms with Crippen LogP contribution in [0.3, 0.4) is 0 Å². The molecule has 5 nitrogen and oxygen atoms in total. The Morgan fingerprint density at radius 2 is 1.71 bits per heavy atom. The van der Waals surface area contributed by atoms with Crippen LogP contribution in [0, 0.1) is 0 Å². The Kier molecular flexibility index (Phi) is 8.94. The number of carbonyl (C=O) groups is 1. The highest BCUT2D eigenvalue weighted by Gasteiger charge is 2.07. The molecule has 0 saturated carbocycles. The number of carbonyl (C=O) groups excluding carboxylic acids is 1. The van der Waals surface area contributed by atoms with Crippen molar-refractivity contribution in [1.82, 2.24) is 5.32 Å². The van der Waals surface area contributed by atoms with Gasteiger partial charge in [0.15, 0.2) is 0 Å². The monoisotopic (exact) mass is 483 g/mol. The largest absolute Gasteiger partial charge is 0.466 e. The van der Waals surface area contributed by atoms with Crippen molar-refractivity contribution in [2.75, 3.05) is 13.4 Å². The Morgan fingerprint density at radius 3 is 2.52 bits per heavy atom. The van der Waals surface area contributed by atoms with Gasteiger partial charge in [0.1, 0.15) is 11.5 Å². The fourth-order valence-corrected chi connectivity index (χ4v) is 3.46. The molecule has 3 rings (SSSR count). The fourth-order valence-electron chi connectivity index (χ4n) is 3.05. The van der Waals surface area contributed by atoms with Gasteiger partial charge in [0, 0.05) is 23.1 Å². The zero-order valence-electron chi connectivity index (χ0n) is 17.5. The average molecular weight is 484 g/mol. The Morgan fingerprint density at radius 1 is 0.903 bits per heavy atom. The highest BCUT2D eigenvalue weighted by atomic mass is 79.9. The molecule has 6 heteroatoms. The number of esters is 1. The molecule has 0 heterocycles. The first kappa shape index (κ1) is 22.8. The van der Waals surface area contributed by atoms with Gasteiger partial charge in [-0.25, -0.2) is 0 Å². The molecule has 0 bridgehead atoms. The molecule has 0 aliphatic heterocycles. The van der Waals surface area contributed by atoms with Crippen LogP contribution in [0.4, 0.5) is 0 Å². The Labute approximate surface area is 191 Å². The molecule has 0 atom stereocenters. The second-order valence-corrected chi connectivity index (χ2v) is 7.79. The van der Waals surface area contributed by atoms with Gasteiger partial charge < -0.3 is 19.5 Å². The molecule has 31 heavy (non-hydrogen) atoms. The summed E-state index contributed by atoms with van der Waals surface area (Å²) in [4.78, 5) is 11.7. The molecule has 1 N–H and O–H groups in total. The minimum atomic E-state index is -0.251. The van der Waals surface area contributed by atoms with Crippen molar-refractivity contribution >= 4 is 21.9 Å². The molecule has 162 valence electrons. The van der Waals surface area contributed by atoms with Crippen molar-refractivity contribution in [2.45, 2.75) is 26.4 Å². The van der Waals surface area contributed by atoms with Crippen LogP contribution >= 0.6 is 15.9 Å². The lowest BCUT2D eigenvalue weighted by atomic mass is 10.1. The maximum Gasteiger partial charge on any atom is 0.310 e. The molecule has 3 aromatic rings. The first-order chi connectivity index (χ1) is 15.1. The van der Waals surface area contributed by atoms with Gasteiger partial charge in [-0.2, -0.15) is 0 Å². The van der Waals surface area contributed by atoms with E-state index < -0.39 is 0 Å². The van der Waals surface area contributed by atoms with Crippen LogP contribution in [0.15, 0.2) is 77.3 Å². The fraction of sp³-hybridized carbons (Fsp3) is 0.240. The Hall–Kier alpha value is -2.83. The molecule has 0 spiro atoms. The molecule has 0 radical (unpaired) electrons. The maximum atomic E-state index is 11.7. The van der Waals surface area contributed by atoms with E-state index >= 15 is 0 Å². The number of benzene rings is 3. The molecular formula is C25H26BrNO4. The molecular weight excluding hydrogens is 458 g/mol. The van der Waals surface area contributed by atoms with E-state index in [0.29, 0.717) is 18.9 Å². The lowest BCUT2D eigenvalue weighted by Gasteiger charge is -2.14. The maximum absolute atomic E-state index is 11.7. The van der Waals surface area contributed by atoms with Crippen molar-refractivity contribution in [3.8, 4) is 11.5 Å². The van der Waals surface area contributed by atoms with Crippen LogP contribution < -0.4 is 14.8 Å². The van der Waals surface area contributed by atoms with Gasteiger partial charge in [-0.3, -0.25) is 4.79 Å². The van der Waals surface area contributed by atoms with Crippen LogP contribution in [-0.2, 0) is 29.0 Å². The quantitative estimate of drug-likeness (QED) is 0.297. The standard InChI is InChI=1S/C25H26BrNO4/c1-2-29-25(28)14-20-9-6-10-23(13-20)30-18-31-24-12-11-22(26)15-21(24)17-27-16-19-7-4-3-5-8-19/h3-13,15,27H,2,14,16-18H2,1H3. The number of hydrogen-bond acceptors (Lipinski definition) is 5. The van der Waals surface area contributed by atoms with Crippen molar-refractivity contribution in [2.24, 2.45) is 0 Å². The summed E-state index contributed by atoms with van der Waals surface area (Å²) in [5.74, 6) is 1.15. The smallest absolute Gasteiger partial charge is 0.310 e. The third-order valence-corrected chi connectivity index (χ3v) is 5.00. The van der Waals surface area contributed by atoms with E-state index in [0.717, 1.165) is 27.9 Å². The van der Waals surface area contributed by atoms with Gasteiger partial charge in [0.25, 0.3) is 0 Å². The average Bonchev–Trinajstić information content (AvgIpc) is 2.76. The van der Waals surface area contributed by atoms with E-state index in [9.17, 15) is 4.79 Å². The number of hydrogen-bond donors (Lipinski definition) is 1. The van der Waals surface area contributed by atoms with Crippen LogP contribution in [0.2, 0.25) is 0 Å². The van der Waals surface area contributed by atoms with Gasteiger partial charge in [-0.1, -0.05) is 58.4 Å². The first-order valence-corrected chi connectivity index (χ1v) is 11.0. The van der Waals surface area contributed by atoms with Crippen molar-refractivity contribution in [1.29, 1.82) is 0 Å². The van der Waals surface area contributed by atoms with Crippen LogP contribution in [0.25, 0.3) is 0 Å². The number of ether oxygens (including phenoxy) is 3. The lowest BCUT2D eigenvalue weighted by Crippen LogP contribution is -2.14. The minimum Gasteiger partial charge on any atom is -0.466 e. The predicted molar refractivity (Wildman–Crippen MR) is 124 cm³/mol. The van der Waals surface area contributed by atoms with E-state index in [1.54, 1.807) is 6.92 Å². The highest BCUT2D eigenvalue weighted by molar-refractivity contribution is 9.10. The number of rotatable bonds is 11. The van der Waals surface area contributed by atoms with E-state index in [1.807, 2.05) is 60.7 Å². The number of halogens is 1. The topological polar surface area (TPSA) is 56.8 Å². The normalized spacial score (nSPS) is 10.5. The molecule has 0 amide bonds. The van der Waals surface area contributed by atoms with Gasteiger partial charge in [-0.05, 0) is 48.4 Å². The lowest BCUT2D eigenvalue weighted by molar-refractivity contribution is -0.142. The zero-order chi connectivity index (χ0) is 21.9. The molecule has 0 unspecified atom stereocenters. The molecule has 0 fully saturated rings. The van der Waals surface area contributed by atoms with Gasteiger partial charge in [0.05, 0.1) is 13.0 Å². The number of nitrogens with one attached hydrogen (secondary N) is 1. The summed E-state index contributed by atoms with van der Waals surface area (Å²) in [5.41, 5.74) is 3.10. The predicted octanol–water partition coefficient (Wildman–Crippen LogP) is 5.26. The minimum absolute atomic E-state index is 0.0657. The van der Waals surface area contributed by atoms with E-state index in [1.165, 1.54) is 5.56 Å². The van der Waals surface area contributed by atoms with Gasteiger partial charge >= 0.3 is 5.97 Å². The third-order valence-electron chi connectivity index (χ3n) is 4.50. The summed E-state index contributed by atoms with van der Waals surface area (Å²) in [6, 6.07) is 23.5. The van der Waals surface area contributed by atoms with E-state index in [-0.39, 0.29) is 19.2 Å². The summed E-state index contributed by atoms with van der Waals surface area (Å²) in [6.45, 7) is 3.67. The molecule has 0 aliphatic carbocycles. The van der Waals surface area contributed by atoms with Gasteiger partial charge in [0.2, 0.25) is 6.79 Å². The second kappa shape index (κ2) is 12.1. The van der Waals surface area contributed by atoms with Gasteiger partial charge in [-0.15, -0.1) is 0 Å². The third kappa shape index (κ3) is 7.74. The molecule has 0 saturated heterocycles. The summed E-state index contributed by atoms with van der Waals surface area (Å²) in [5, 5.41) is 3.44. The molecule has 0 aliphatic rings. The van der Waals surface area contributed by atoms with Crippen molar-refractivity contribution < 1.29 is 19.0 Å².